The number of furan rings is 1. The summed E-state index contributed by atoms with van der Waals surface area (Å²) in [5, 5.41) is 0.919. The molecule has 88 valence electrons. The second-order valence-corrected chi connectivity index (χ2v) is 4.02. The number of aryl methyl sites for hydroxylation is 1. The Kier molecular flexibility index (Phi) is 2.41. The van der Waals surface area contributed by atoms with Crippen LogP contribution in [0, 0.1) is 6.92 Å². The van der Waals surface area contributed by atoms with Gasteiger partial charge in [-0.3, -0.25) is 9.78 Å². The van der Waals surface area contributed by atoms with Crippen LogP contribution in [0.4, 0.5) is 0 Å². The number of para-hydroxylation sites is 1. The molecule has 0 unspecified atom stereocenters. The maximum Gasteiger partial charge on any atom is 0.248 e. The van der Waals surface area contributed by atoms with Crippen molar-refractivity contribution < 1.29 is 9.21 Å². The highest BCUT2D eigenvalue weighted by Crippen LogP contribution is 2.23. The van der Waals surface area contributed by atoms with Gasteiger partial charge in [0.05, 0.1) is 6.20 Å². The van der Waals surface area contributed by atoms with Gasteiger partial charge in [0.25, 0.3) is 0 Å². The lowest BCUT2D eigenvalue weighted by Gasteiger charge is -1.94. The smallest absolute Gasteiger partial charge is 0.248 e. The molecule has 0 aliphatic carbocycles. The van der Waals surface area contributed by atoms with Gasteiger partial charge in [-0.1, -0.05) is 18.2 Å². The molecule has 0 atom stereocenters. The Hall–Kier alpha value is -2.49. The molecule has 1 aromatic carbocycles. The zero-order valence-electron chi connectivity index (χ0n) is 9.75. The largest absolute Gasteiger partial charge is 0.452 e. The monoisotopic (exact) mass is 238 g/mol. The van der Waals surface area contributed by atoms with Gasteiger partial charge in [-0.05, 0) is 18.6 Å². The molecule has 0 N–H and O–H groups in total. The quantitative estimate of drug-likeness (QED) is 0.644. The number of ketones is 1. The van der Waals surface area contributed by atoms with E-state index in [2.05, 4.69) is 9.97 Å². The normalized spacial score (nSPS) is 10.7. The fourth-order valence-electron chi connectivity index (χ4n) is 1.86. The lowest BCUT2D eigenvalue weighted by molar-refractivity contribution is 0.101. The van der Waals surface area contributed by atoms with Crippen molar-refractivity contribution in [3.05, 3.63) is 59.9 Å². The van der Waals surface area contributed by atoms with Gasteiger partial charge in [-0.25, -0.2) is 4.98 Å². The third kappa shape index (κ3) is 1.68. The summed E-state index contributed by atoms with van der Waals surface area (Å²) in [6, 6.07) is 7.53. The Morgan fingerprint density at radius 2 is 2.17 bits per heavy atom. The van der Waals surface area contributed by atoms with E-state index in [0.29, 0.717) is 5.76 Å². The Bertz CT molecular complexity index is 717. The van der Waals surface area contributed by atoms with Gasteiger partial charge in [0.2, 0.25) is 5.78 Å². The summed E-state index contributed by atoms with van der Waals surface area (Å²) >= 11 is 0. The topological polar surface area (TPSA) is 56.0 Å². The highest BCUT2D eigenvalue weighted by Gasteiger charge is 2.16. The molecule has 2 heterocycles. The minimum absolute atomic E-state index is 0.251. The lowest BCUT2D eigenvalue weighted by Crippen LogP contribution is -2.02. The predicted octanol–water partition coefficient (Wildman–Crippen LogP) is 2.76. The van der Waals surface area contributed by atoms with Gasteiger partial charge in [0.15, 0.2) is 5.76 Å². The van der Waals surface area contributed by atoms with Gasteiger partial charge in [0, 0.05) is 17.8 Å². The summed E-state index contributed by atoms with van der Waals surface area (Å²) in [5.41, 5.74) is 2.03. The van der Waals surface area contributed by atoms with Crippen LogP contribution in [0.15, 0.2) is 47.3 Å². The molecule has 3 aromatic rings. The van der Waals surface area contributed by atoms with E-state index in [1.54, 1.807) is 6.07 Å². The maximum atomic E-state index is 12.1. The van der Waals surface area contributed by atoms with Crippen LogP contribution in [0.25, 0.3) is 11.0 Å². The minimum Gasteiger partial charge on any atom is -0.452 e. The minimum atomic E-state index is -0.251. The Morgan fingerprint density at radius 3 is 2.89 bits per heavy atom. The van der Waals surface area contributed by atoms with Crippen LogP contribution in [-0.2, 0) is 0 Å². The molecular weight excluding hydrogens is 228 g/mol. The first kappa shape index (κ1) is 10.7. The lowest BCUT2D eigenvalue weighted by atomic mass is 10.1. The van der Waals surface area contributed by atoms with Crippen molar-refractivity contribution in [2.75, 3.05) is 0 Å². The van der Waals surface area contributed by atoms with E-state index in [9.17, 15) is 4.79 Å². The van der Waals surface area contributed by atoms with Crippen molar-refractivity contribution in [1.82, 2.24) is 9.97 Å². The first-order valence-corrected chi connectivity index (χ1v) is 5.55. The second kappa shape index (κ2) is 4.07. The molecule has 0 saturated carbocycles. The first-order valence-electron chi connectivity index (χ1n) is 5.55. The van der Waals surface area contributed by atoms with Gasteiger partial charge in [0.1, 0.15) is 11.3 Å². The molecule has 18 heavy (non-hydrogen) atoms. The van der Waals surface area contributed by atoms with Crippen LogP contribution in [0.2, 0.25) is 0 Å². The molecular formula is C14H10N2O2. The zero-order valence-corrected chi connectivity index (χ0v) is 9.75. The van der Waals surface area contributed by atoms with E-state index in [4.69, 9.17) is 4.42 Å². The van der Waals surface area contributed by atoms with Crippen LogP contribution in [-0.4, -0.2) is 15.8 Å². The number of rotatable bonds is 2. The van der Waals surface area contributed by atoms with E-state index in [1.807, 2.05) is 25.1 Å². The average Bonchev–Trinajstić information content (AvgIpc) is 2.84. The van der Waals surface area contributed by atoms with Crippen LogP contribution >= 0.6 is 0 Å². The third-order valence-corrected chi connectivity index (χ3v) is 2.76. The number of nitrogens with zero attached hydrogens (tertiary/aromatic N) is 2. The average molecular weight is 238 g/mol. The van der Waals surface area contributed by atoms with Crippen LogP contribution in [0.5, 0.6) is 0 Å². The summed E-state index contributed by atoms with van der Waals surface area (Å²) < 4.78 is 5.60. The number of aromatic nitrogens is 2. The zero-order chi connectivity index (χ0) is 12.5. The molecule has 0 aliphatic heterocycles. The SMILES string of the molecule is Cc1cccc2cc(C(=O)c3cnccn3)oc12. The molecule has 0 radical (unpaired) electrons. The number of carbonyl (C=O) groups is 1. The van der Waals surface area contributed by atoms with Crippen molar-refractivity contribution in [1.29, 1.82) is 0 Å². The molecule has 0 saturated heterocycles. The van der Waals surface area contributed by atoms with Gasteiger partial charge in [-0.2, -0.15) is 0 Å². The van der Waals surface area contributed by atoms with Gasteiger partial charge in [-0.15, -0.1) is 0 Å². The van der Waals surface area contributed by atoms with Crippen LogP contribution in [0.1, 0.15) is 21.8 Å². The van der Waals surface area contributed by atoms with E-state index in [1.165, 1.54) is 18.6 Å². The van der Waals surface area contributed by atoms with Crippen molar-refractivity contribution >= 4 is 16.8 Å². The third-order valence-electron chi connectivity index (χ3n) is 2.76. The molecule has 0 amide bonds. The van der Waals surface area contributed by atoms with Crippen LogP contribution in [0.3, 0.4) is 0 Å². The van der Waals surface area contributed by atoms with E-state index >= 15 is 0 Å². The summed E-state index contributed by atoms with van der Waals surface area (Å²) in [6.45, 7) is 1.95. The van der Waals surface area contributed by atoms with E-state index < -0.39 is 0 Å². The first-order chi connectivity index (χ1) is 8.75. The summed E-state index contributed by atoms with van der Waals surface area (Å²) in [7, 11) is 0. The molecule has 3 rings (SSSR count). The Balaban J connectivity index is 2.10. The molecule has 0 aliphatic rings. The number of hydrogen-bond acceptors (Lipinski definition) is 4. The van der Waals surface area contributed by atoms with E-state index in [-0.39, 0.29) is 11.5 Å². The van der Waals surface area contributed by atoms with Crippen molar-refractivity contribution in [3.63, 3.8) is 0 Å². The fraction of sp³-hybridized carbons (Fsp3) is 0.0714. The number of hydrogen-bond donors (Lipinski definition) is 0. The molecule has 0 spiro atoms. The summed E-state index contributed by atoms with van der Waals surface area (Å²) in [6.07, 6.45) is 4.45. The standard InChI is InChI=1S/C14H10N2O2/c1-9-3-2-4-10-7-12(18-14(9)10)13(17)11-8-15-5-6-16-11/h2-8H,1H3. The highest BCUT2D eigenvalue weighted by molar-refractivity contribution is 6.07. The molecule has 4 nitrogen and oxygen atoms in total. The summed E-state index contributed by atoms with van der Waals surface area (Å²) in [5.74, 6) is 0.0403. The molecule has 0 fully saturated rings. The maximum absolute atomic E-state index is 12.1. The molecule has 2 aromatic heterocycles. The Labute approximate surface area is 103 Å². The van der Waals surface area contributed by atoms with Gasteiger partial charge < -0.3 is 4.42 Å². The Morgan fingerprint density at radius 1 is 1.28 bits per heavy atom. The van der Waals surface area contributed by atoms with E-state index in [0.717, 1.165) is 16.5 Å². The fourth-order valence-corrected chi connectivity index (χ4v) is 1.86. The number of benzene rings is 1. The number of fused-ring (bicyclic) bond motifs is 1. The van der Waals surface area contributed by atoms with Crippen molar-refractivity contribution in [2.45, 2.75) is 6.92 Å². The molecule has 0 bridgehead atoms. The molecule has 4 heteroatoms. The van der Waals surface area contributed by atoms with Crippen LogP contribution < -0.4 is 0 Å². The second-order valence-electron chi connectivity index (χ2n) is 4.02. The summed E-state index contributed by atoms with van der Waals surface area (Å²) in [4.78, 5) is 20.0. The predicted molar refractivity (Wildman–Crippen MR) is 66.4 cm³/mol. The van der Waals surface area contributed by atoms with Gasteiger partial charge >= 0.3 is 0 Å². The highest BCUT2D eigenvalue weighted by atomic mass is 16.3. The van der Waals surface area contributed by atoms with Crippen molar-refractivity contribution in [3.8, 4) is 0 Å². The number of carbonyl (C=O) groups excluding carboxylic acids is 1. The van der Waals surface area contributed by atoms with Crippen molar-refractivity contribution in [2.24, 2.45) is 0 Å².